The average Bonchev–Trinajstić information content (AvgIpc) is 2.08. The second-order valence-electron chi connectivity index (χ2n) is 2.94. The van der Waals surface area contributed by atoms with Gasteiger partial charge in [-0.15, -0.1) is 0 Å². The van der Waals surface area contributed by atoms with Crippen LogP contribution >= 0.6 is 22.6 Å². The minimum Gasteiger partial charge on any atom is -0.506 e. The highest BCUT2D eigenvalue weighted by molar-refractivity contribution is 14.1. The first-order valence-electron chi connectivity index (χ1n) is 3.95. The van der Waals surface area contributed by atoms with E-state index in [4.69, 9.17) is 5.73 Å². The Morgan fingerprint density at radius 2 is 2.08 bits per heavy atom. The summed E-state index contributed by atoms with van der Waals surface area (Å²) in [6.45, 7) is 1.60. The molecule has 0 aliphatic carbocycles. The third kappa shape index (κ3) is 2.32. The zero-order chi connectivity index (χ0) is 10.0. The summed E-state index contributed by atoms with van der Waals surface area (Å²) in [5.74, 6) is 0.163. The Morgan fingerprint density at radius 1 is 1.46 bits per heavy atom. The Bertz CT molecular complexity index is 302. The Labute approximate surface area is 90.7 Å². The molecule has 0 aromatic heterocycles. The highest BCUT2D eigenvalue weighted by Gasteiger charge is 2.16. The molecule has 1 aromatic carbocycles. The van der Waals surface area contributed by atoms with Gasteiger partial charge in [-0.1, -0.05) is 12.1 Å². The topological polar surface area (TPSA) is 66.5 Å². The SMILES string of the molecule is C[C@@H](O)[C@@H](N)c1cccc(I)c1O. The summed E-state index contributed by atoms with van der Waals surface area (Å²) in [5, 5.41) is 18.9. The van der Waals surface area contributed by atoms with E-state index < -0.39 is 12.1 Å². The maximum Gasteiger partial charge on any atom is 0.133 e. The van der Waals surface area contributed by atoms with Crippen LogP contribution in [0.1, 0.15) is 18.5 Å². The quantitative estimate of drug-likeness (QED) is 0.722. The van der Waals surface area contributed by atoms with Crippen molar-refractivity contribution >= 4 is 22.6 Å². The maximum atomic E-state index is 9.62. The predicted molar refractivity (Wildman–Crippen MR) is 59.4 cm³/mol. The molecule has 0 saturated carbocycles. The summed E-state index contributed by atoms with van der Waals surface area (Å²) in [6, 6.07) is 4.77. The average molecular weight is 293 g/mol. The van der Waals surface area contributed by atoms with E-state index >= 15 is 0 Å². The van der Waals surface area contributed by atoms with Gasteiger partial charge in [0, 0.05) is 5.56 Å². The fourth-order valence-corrected chi connectivity index (χ4v) is 1.58. The summed E-state index contributed by atoms with van der Waals surface area (Å²) in [6.07, 6.45) is -0.663. The van der Waals surface area contributed by atoms with E-state index in [9.17, 15) is 10.2 Å². The highest BCUT2D eigenvalue weighted by Crippen LogP contribution is 2.29. The van der Waals surface area contributed by atoms with Crippen LogP contribution in [0.5, 0.6) is 5.75 Å². The molecule has 4 heteroatoms. The molecular formula is C9H12INO2. The molecule has 0 heterocycles. The van der Waals surface area contributed by atoms with E-state index in [1.165, 1.54) is 0 Å². The van der Waals surface area contributed by atoms with Gasteiger partial charge in [-0.2, -0.15) is 0 Å². The van der Waals surface area contributed by atoms with Crippen molar-refractivity contribution in [3.05, 3.63) is 27.3 Å². The molecule has 0 bridgehead atoms. The van der Waals surface area contributed by atoms with Gasteiger partial charge in [0.15, 0.2) is 0 Å². The molecule has 0 spiro atoms. The third-order valence-corrected chi connectivity index (χ3v) is 2.77. The van der Waals surface area contributed by atoms with Crippen molar-refractivity contribution in [3.8, 4) is 5.75 Å². The molecule has 0 aliphatic rings. The van der Waals surface area contributed by atoms with Crippen LogP contribution in [0.2, 0.25) is 0 Å². The Morgan fingerprint density at radius 3 is 2.62 bits per heavy atom. The highest BCUT2D eigenvalue weighted by atomic mass is 127. The molecule has 1 aromatic rings. The van der Waals surface area contributed by atoms with Gasteiger partial charge in [-0.05, 0) is 35.6 Å². The first-order chi connectivity index (χ1) is 6.04. The lowest BCUT2D eigenvalue weighted by molar-refractivity contribution is 0.163. The third-order valence-electron chi connectivity index (χ3n) is 1.90. The molecule has 0 saturated heterocycles. The smallest absolute Gasteiger partial charge is 0.133 e. The number of phenols is 1. The number of aliphatic hydroxyl groups excluding tert-OH is 1. The molecular weight excluding hydrogens is 281 g/mol. The lowest BCUT2D eigenvalue weighted by Gasteiger charge is -2.16. The number of aliphatic hydroxyl groups is 1. The second kappa shape index (κ2) is 4.26. The van der Waals surface area contributed by atoms with Crippen molar-refractivity contribution in [2.75, 3.05) is 0 Å². The Balaban J connectivity index is 3.07. The van der Waals surface area contributed by atoms with Crippen LogP contribution < -0.4 is 5.73 Å². The molecule has 2 atom stereocenters. The van der Waals surface area contributed by atoms with Crippen molar-refractivity contribution in [1.82, 2.24) is 0 Å². The molecule has 72 valence electrons. The van der Waals surface area contributed by atoms with E-state index in [0.717, 1.165) is 3.57 Å². The minimum absolute atomic E-state index is 0.163. The number of rotatable bonds is 2. The summed E-state index contributed by atoms with van der Waals surface area (Å²) in [4.78, 5) is 0. The van der Waals surface area contributed by atoms with E-state index in [-0.39, 0.29) is 5.75 Å². The summed E-state index contributed by atoms with van der Waals surface area (Å²) in [5.41, 5.74) is 6.28. The maximum absolute atomic E-state index is 9.62. The van der Waals surface area contributed by atoms with Gasteiger partial charge in [0.1, 0.15) is 5.75 Å². The fourth-order valence-electron chi connectivity index (χ4n) is 1.06. The van der Waals surface area contributed by atoms with Gasteiger partial charge in [0.2, 0.25) is 0 Å². The number of halogens is 1. The van der Waals surface area contributed by atoms with Gasteiger partial charge in [-0.3, -0.25) is 0 Å². The summed E-state index contributed by atoms with van der Waals surface area (Å²) < 4.78 is 0.742. The Kier molecular flexibility index (Phi) is 3.52. The van der Waals surface area contributed by atoms with Crippen LogP contribution in [0.25, 0.3) is 0 Å². The molecule has 0 fully saturated rings. The number of para-hydroxylation sites is 1. The van der Waals surface area contributed by atoms with Gasteiger partial charge >= 0.3 is 0 Å². The molecule has 1 rings (SSSR count). The van der Waals surface area contributed by atoms with E-state index in [1.54, 1.807) is 25.1 Å². The normalized spacial score (nSPS) is 15.4. The van der Waals surface area contributed by atoms with E-state index in [0.29, 0.717) is 5.56 Å². The van der Waals surface area contributed by atoms with Gasteiger partial charge in [0.05, 0.1) is 15.7 Å². The molecule has 0 amide bonds. The number of hydrogen-bond donors (Lipinski definition) is 3. The van der Waals surface area contributed by atoms with Crippen LogP contribution in [0.3, 0.4) is 0 Å². The van der Waals surface area contributed by atoms with Crippen molar-refractivity contribution in [2.45, 2.75) is 19.1 Å². The zero-order valence-electron chi connectivity index (χ0n) is 7.24. The van der Waals surface area contributed by atoms with Crippen molar-refractivity contribution in [1.29, 1.82) is 0 Å². The van der Waals surface area contributed by atoms with Crippen molar-refractivity contribution < 1.29 is 10.2 Å². The minimum atomic E-state index is -0.663. The molecule has 0 aliphatic heterocycles. The Hall–Kier alpha value is -0.330. The standard InChI is InChI=1S/C9H12INO2/c1-5(12)8(11)6-3-2-4-7(10)9(6)13/h2-5,8,12-13H,11H2,1H3/t5-,8-/m1/s1. The summed E-state index contributed by atoms with van der Waals surface area (Å²) in [7, 11) is 0. The molecule has 0 radical (unpaired) electrons. The first-order valence-corrected chi connectivity index (χ1v) is 5.03. The summed E-state index contributed by atoms with van der Waals surface area (Å²) >= 11 is 2.02. The predicted octanol–water partition coefficient (Wildman–Crippen LogP) is 1.38. The number of aromatic hydroxyl groups is 1. The molecule has 0 unspecified atom stereocenters. The van der Waals surface area contributed by atoms with Crippen molar-refractivity contribution in [2.24, 2.45) is 5.73 Å². The lowest BCUT2D eigenvalue weighted by Crippen LogP contribution is -2.23. The van der Waals surface area contributed by atoms with Crippen molar-refractivity contribution in [3.63, 3.8) is 0 Å². The number of benzene rings is 1. The van der Waals surface area contributed by atoms with E-state index in [1.807, 2.05) is 22.6 Å². The van der Waals surface area contributed by atoms with Crippen LogP contribution in [-0.2, 0) is 0 Å². The van der Waals surface area contributed by atoms with Gasteiger partial charge < -0.3 is 15.9 Å². The zero-order valence-corrected chi connectivity index (χ0v) is 9.39. The largest absolute Gasteiger partial charge is 0.506 e. The monoisotopic (exact) mass is 293 g/mol. The fraction of sp³-hybridized carbons (Fsp3) is 0.333. The van der Waals surface area contributed by atoms with Gasteiger partial charge in [-0.25, -0.2) is 0 Å². The van der Waals surface area contributed by atoms with Crippen LogP contribution in [0.4, 0.5) is 0 Å². The van der Waals surface area contributed by atoms with Crippen LogP contribution in [0.15, 0.2) is 18.2 Å². The van der Waals surface area contributed by atoms with Crippen LogP contribution in [-0.4, -0.2) is 16.3 Å². The lowest BCUT2D eigenvalue weighted by atomic mass is 10.0. The van der Waals surface area contributed by atoms with Crippen LogP contribution in [0, 0.1) is 3.57 Å². The number of nitrogens with two attached hydrogens (primary N) is 1. The second-order valence-corrected chi connectivity index (χ2v) is 4.11. The molecule has 3 nitrogen and oxygen atoms in total. The number of phenolic OH excluding ortho intramolecular Hbond substituents is 1. The van der Waals surface area contributed by atoms with Gasteiger partial charge in [0.25, 0.3) is 0 Å². The first kappa shape index (κ1) is 10.7. The van der Waals surface area contributed by atoms with E-state index in [2.05, 4.69) is 0 Å². The number of hydrogen-bond acceptors (Lipinski definition) is 3. The molecule has 4 N–H and O–H groups in total. The molecule has 13 heavy (non-hydrogen) atoms.